The molecule has 196 valence electrons. The topological polar surface area (TPSA) is 60.8 Å². The largest absolute Gasteiger partial charge is 0.489 e. The Labute approximate surface area is 224 Å². The summed E-state index contributed by atoms with van der Waals surface area (Å²) in [5, 5.41) is 0.895. The minimum atomic E-state index is -0.406. The molecule has 0 saturated heterocycles. The van der Waals surface area contributed by atoms with Crippen LogP contribution in [0.4, 0.5) is 0 Å². The minimum absolute atomic E-state index is 0.0125. The molecule has 3 aromatic carbocycles. The average Bonchev–Trinajstić information content (AvgIpc) is 3.27. The number of carbonyl (C=O) groups excluding carboxylic acids is 2. The number of aryl methyl sites for hydroxylation is 1. The standard InChI is InChI=1S/C32H34N2O4/c1-4-37-32(36)17-14-27-21-34(22-31(35)33(3)19-18-25-8-6-5-7-9-25)30-16-15-28(20-29(27)30)38-23-26-12-10-24(2)11-13-26/h5-17,20-21H,4,18-19,22-23H2,1-3H3/b17-14+. The molecule has 0 aliphatic carbocycles. The number of aromatic nitrogens is 1. The number of benzene rings is 3. The summed E-state index contributed by atoms with van der Waals surface area (Å²) in [6.07, 6.45) is 5.83. The number of hydrogen-bond donors (Lipinski definition) is 0. The van der Waals surface area contributed by atoms with Crippen molar-refractivity contribution in [1.82, 2.24) is 9.47 Å². The molecule has 6 heteroatoms. The van der Waals surface area contributed by atoms with Crippen LogP contribution >= 0.6 is 0 Å². The summed E-state index contributed by atoms with van der Waals surface area (Å²) in [7, 11) is 1.83. The first-order valence-corrected chi connectivity index (χ1v) is 12.9. The Morgan fingerprint density at radius 1 is 0.974 bits per heavy atom. The van der Waals surface area contributed by atoms with Gasteiger partial charge in [0.05, 0.1) is 6.61 Å². The van der Waals surface area contributed by atoms with Crippen molar-refractivity contribution in [1.29, 1.82) is 0 Å². The van der Waals surface area contributed by atoms with Crippen LogP contribution in [0.15, 0.2) is 85.1 Å². The van der Waals surface area contributed by atoms with E-state index in [0.717, 1.165) is 28.5 Å². The van der Waals surface area contributed by atoms with Crippen LogP contribution in [0, 0.1) is 6.92 Å². The van der Waals surface area contributed by atoms with Crippen LogP contribution in [-0.4, -0.2) is 41.5 Å². The maximum Gasteiger partial charge on any atom is 0.330 e. The van der Waals surface area contributed by atoms with Crippen molar-refractivity contribution in [3.8, 4) is 5.75 Å². The lowest BCUT2D eigenvalue weighted by atomic mass is 10.1. The summed E-state index contributed by atoms with van der Waals surface area (Å²) in [6, 6.07) is 24.2. The monoisotopic (exact) mass is 510 g/mol. The first-order valence-electron chi connectivity index (χ1n) is 12.9. The second-order valence-electron chi connectivity index (χ2n) is 9.30. The number of nitrogens with zero attached hydrogens (tertiary/aromatic N) is 2. The molecular weight excluding hydrogens is 476 g/mol. The van der Waals surface area contributed by atoms with Crippen molar-refractivity contribution in [3.05, 3.63) is 107 Å². The SMILES string of the molecule is CCOC(=O)/C=C/c1cn(CC(=O)N(C)CCc2ccccc2)c2ccc(OCc3ccc(C)cc3)cc12. The third-order valence-electron chi connectivity index (χ3n) is 6.41. The maximum absolute atomic E-state index is 13.1. The Morgan fingerprint density at radius 3 is 2.47 bits per heavy atom. The van der Waals surface area contributed by atoms with E-state index in [9.17, 15) is 9.59 Å². The van der Waals surface area contributed by atoms with Gasteiger partial charge in [-0.2, -0.15) is 0 Å². The summed E-state index contributed by atoms with van der Waals surface area (Å²) in [6.45, 7) is 5.42. The Morgan fingerprint density at radius 2 is 1.74 bits per heavy atom. The van der Waals surface area contributed by atoms with E-state index in [-0.39, 0.29) is 12.5 Å². The Bertz CT molecular complexity index is 1400. The van der Waals surface area contributed by atoms with E-state index in [0.29, 0.717) is 25.5 Å². The van der Waals surface area contributed by atoms with Gasteiger partial charge in [-0.1, -0.05) is 60.2 Å². The van der Waals surface area contributed by atoms with Crippen molar-refractivity contribution in [2.24, 2.45) is 0 Å². The van der Waals surface area contributed by atoms with Gasteiger partial charge in [0.1, 0.15) is 18.9 Å². The zero-order chi connectivity index (χ0) is 26.9. The van der Waals surface area contributed by atoms with Crippen molar-refractivity contribution in [2.75, 3.05) is 20.2 Å². The van der Waals surface area contributed by atoms with Gasteiger partial charge in [-0.25, -0.2) is 4.79 Å². The number of hydrogen-bond acceptors (Lipinski definition) is 4. The van der Waals surface area contributed by atoms with Gasteiger partial charge in [0.25, 0.3) is 0 Å². The third kappa shape index (κ3) is 7.13. The fraction of sp³-hybridized carbons (Fsp3) is 0.250. The molecule has 4 aromatic rings. The lowest BCUT2D eigenvalue weighted by Gasteiger charge is -2.18. The summed E-state index contributed by atoms with van der Waals surface area (Å²) in [5.41, 5.74) is 5.19. The highest BCUT2D eigenvalue weighted by molar-refractivity contribution is 5.95. The lowest BCUT2D eigenvalue weighted by molar-refractivity contribution is -0.137. The number of amides is 1. The van der Waals surface area contributed by atoms with Crippen LogP contribution in [0.5, 0.6) is 5.75 Å². The zero-order valence-electron chi connectivity index (χ0n) is 22.2. The average molecular weight is 511 g/mol. The molecule has 0 radical (unpaired) electrons. The van der Waals surface area contributed by atoms with Crippen LogP contribution in [0.3, 0.4) is 0 Å². The Kier molecular flexibility index (Phi) is 8.98. The van der Waals surface area contributed by atoms with Gasteiger partial charge in [0, 0.05) is 42.3 Å². The van der Waals surface area contributed by atoms with E-state index in [2.05, 4.69) is 43.3 Å². The van der Waals surface area contributed by atoms with Crippen LogP contribution in [0.2, 0.25) is 0 Å². The first kappa shape index (κ1) is 26.7. The first-order chi connectivity index (χ1) is 18.4. The number of rotatable bonds is 11. The van der Waals surface area contributed by atoms with Gasteiger partial charge in [-0.05, 0) is 55.7 Å². The molecule has 0 N–H and O–H groups in total. The summed E-state index contributed by atoms with van der Waals surface area (Å²) < 4.78 is 13.0. The van der Waals surface area contributed by atoms with E-state index in [1.165, 1.54) is 17.2 Å². The number of carbonyl (C=O) groups is 2. The van der Waals surface area contributed by atoms with E-state index >= 15 is 0 Å². The van der Waals surface area contributed by atoms with Gasteiger partial charge in [-0.3, -0.25) is 4.79 Å². The number of fused-ring (bicyclic) bond motifs is 1. The molecule has 0 spiro atoms. The van der Waals surface area contributed by atoms with Gasteiger partial charge in [0.2, 0.25) is 5.91 Å². The van der Waals surface area contributed by atoms with Crippen LogP contribution in [0.25, 0.3) is 17.0 Å². The van der Waals surface area contributed by atoms with Gasteiger partial charge < -0.3 is 18.9 Å². The number of esters is 1. The molecule has 0 aliphatic rings. The minimum Gasteiger partial charge on any atom is -0.489 e. The lowest BCUT2D eigenvalue weighted by Crippen LogP contribution is -2.31. The second-order valence-corrected chi connectivity index (χ2v) is 9.30. The Hall–Kier alpha value is -4.32. The van der Waals surface area contributed by atoms with Crippen LogP contribution < -0.4 is 4.74 Å². The molecule has 6 nitrogen and oxygen atoms in total. The maximum atomic E-state index is 13.1. The third-order valence-corrected chi connectivity index (χ3v) is 6.41. The summed E-state index contributed by atoms with van der Waals surface area (Å²) in [5.74, 6) is 0.322. The molecule has 0 atom stereocenters. The molecular formula is C32H34N2O4. The molecule has 1 aromatic heterocycles. The van der Waals surface area contributed by atoms with Gasteiger partial charge >= 0.3 is 5.97 Å². The highest BCUT2D eigenvalue weighted by Crippen LogP contribution is 2.28. The fourth-order valence-electron chi connectivity index (χ4n) is 4.19. The predicted octanol–water partition coefficient (Wildman–Crippen LogP) is 5.81. The van der Waals surface area contributed by atoms with Crippen molar-refractivity contribution < 1.29 is 19.1 Å². The molecule has 38 heavy (non-hydrogen) atoms. The van der Waals surface area contributed by atoms with E-state index in [1.54, 1.807) is 17.9 Å². The second kappa shape index (κ2) is 12.8. The summed E-state index contributed by atoms with van der Waals surface area (Å²) in [4.78, 5) is 26.8. The molecule has 1 amide bonds. The molecule has 0 unspecified atom stereocenters. The number of likely N-dealkylation sites (N-methyl/N-ethyl adjacent to an activating group) is 1. The van der Waals surface area contributed by atoms with E-state index < -0.39 is 5.97 Å². The van der Waals surface area contributed by atoms with Crippen molar-refractivity contribution in [2.45, 2.75) is 33.4 Å². The highest BCUT2D eigenvalue weighted by Gasteiger charge is 2.14. The van der Waals surface area contributed by atoms with Crippen LogP contribution in [-0.2, 0) is 33.9 Å². The highest BCUT2D eigenvalue weighted by atomic mass is 16.5. The fourth-order valence-corrected chi connectivity index (χ4v) is 4.19. The van der Waals surface area contributed by atoms with Crippen molar-refractivity contribution in [3.63, 3.8) is 0 Å². The molecule has 0 bridgehead atoms. The van der Waals surface area contributed by atoms with Crippen LogP contribution in [0.1, 0.15) is 29.2 Å². The summed E-state index contributed by atoms with van der Waals surface area (Å²) >= 11 is 0. The van der Waals surface area contributed by atoms with E-state index in [1.807, 2.05) is 54.2 Å². The molecule has 0 saturated carbocycles. The molecule has 1 heterocycles. The van der Waals surface area contributed by atoms with Gasteiger partial charge in [-0.15, -0.1) is 0 Å². The van der Waals surface area contributed by atoms with E-state index in [4.69, 9.17) is 9.47 Å². The quantitative estimate of drug-likeness (QED) is 0.189. The Balaban J connectivity index is 1.53. The predicted molar refractivity (Wildman–Crippen MR) is 151 cm³/mol. The smallest absolute Gasteiger partial charge is 0.330 e. The molecule has 0 fully saturated rings. The zero-order valence-corrected chi connectivity index (χ0v) is 22.2. The molecule has 0 aliphatic heterocycles. The van der Waals surface area contributed by atoms with Crippen molar-refractivity contribution >= 4 is 28.9 Å². The van der Waals surface area contributed by atoms with Gasteiger partial charge in [0.15, 0.2) is 0 Å². The molecule has 4 rings (SSSR count). The normalized spacial score (nSPS) is 11.1. The number of ether oxygens (including phenoxy) is 2.